The zero-order valence-electron chi connectivity index (χ0n) is 16.9. The quantitative estimate of drug-likeness (QED) is 0.585. The van der Waals surface area contributed by atoms with Crippen LogP contribution in [0.25, 0.3) is 0 Å². The largest absolute Gasteiger partial charge is 0.344 e. The van der Waals surface area contributed by atoms with E-state index in [9.17, 15) is 14.4 Å². The van der Waals surface area contributed by atoms with Crippen molar-refractivity contribution in [1.29, 1.82) is 0 Å². The minimum absolute atomic E-state index is 0.327. The summed E-state index contributed by atoms with van der Waals surface area (Å²) in [6.45, 7) is -0.327. The van der Waals surface area contributed by atoms with Crippen molar-refractivity contribution < 1.29 is 14.4 Å². The van der Waals surface area contributed by atoms with Crippen molar-refractivity contribution in [3.05, 3.63) is 108 Å². The lowest BCUT2D eigenvalue weighted by Crippen LogP contribution is -2.42. The fourth-order valence-corrected chi connectivity index (χ4v) is 3.72. The Morgan fingerprint density at radius 1 is 0.839 bits per heavy atom. The molecule has 1 saturated heterocycles. The highest BCUT2D eigenvalue weighted by Crippen LogP contribution is 2.22. The van der Waals surface area contributed by atoms with Crippen molar-refractivity contribution in [2.45, 2.75) is 18.5 Å². The topological polar surface area (TPSA) is 78.5 Å². The SMILES string of the molecule is O=C(CN1C(=O)N[C@@H](Cc2ccccc2)C1=O)NC(c1ccccc1)c1ccccc1. The molecule has 2 N–H and O–H groups in total. The van der Waals surface area contributed by atoms with Crippen LogP contribution in [0.4, 0.5) is 4.79 Å². The molecule has 3 aromatic rings. The second-order valence-electron chi connectivity index (χ2n) is 7.44. The summed E-state index contributed by atoms with van der Waals surface area (Å²) >= 11 is 0. The molecule has 1 aliphatic rings. The summed E-state index contributed by atoms with van der Waals surface area (Å²) in [7, 11) is 0. The summed E-state index contributed by atoms with van der Waals surface area (Å²) < 4.78 is 0. The molecule has 4 amide bonds. The number of carbonyl (C=O) groups excluding carboxylic acids is 3. The highest BCUT2D eigenvalue weighted by Gasteiger charge is 2.39. The van der Waals surface area contributed by atoms with Gasteiger partial charge in [-0.1, -0.05) is 91.0 Å². The van der Waals surface area contributed by atoms with Gasteiger partial charge in [0.05, 0.1) is 6.04 Å². The lowest BCUT2D eigenvalue weighted by molar-refractivity contribution is -0.132. The first-order chi connectivity index (χ1) is 15.1. The van der Waals surface area contributed by atoms with Crippen molar-refractivity contribution >= 4 is 17.8 Å². The molecule has 156 valence electrons. The average molecular weight is 413 g/mol. The number of rotatable bonds is 7. The predicted octanol–water partition coefficient (Wildman–Crippen LogP) is 3.06. The molecule has 6 heteroatoms. The second kappa shape index (κ2) is 9.26. The number of hydrogen-bond acceptors (Lipinski definition) is 3. The molecule has 0 radical (unpaired) electrons. The smallest absolute Gasteiger partial charge is 0.325 e. The van der Waals surface area contributed by atoms with E-state index in [2.05, 4.69) is 10.6 Å². The van der Waals surface area contributed by atoms with Crippen LogP contribution in [0, 0.1) is 0 Å². The van der Waals surface area contributed by atoms with Gasteiger partial charge < -0.3 is 10.6 Å². The Hall–Kier alpha value is -3.93. The van der Waals surface area contributed by atoms with Gasteiger partial charge in [0.2, 0.25) is 5.91 Å². The minimum atomic E-state index is -0.665. The van der Waals surface area contributed by atoms with E-state index < -0.39 is 18.0 Å². The lowest BCUT2D eigenvalue weighted by atomic mass is 9.99. The van der Waals surface area contributed by atoms with Gasteiger partial charge in [-0.05, 0) is 16.7 Å². The third kappa shape index (κ3) is 4.80. The molecular formula is C25H23N3O3. The van der Waals surface area contributed by atoms with Crippen LogP contribution >= 0.6 is 0 Å². The Bertz CT molecular complexity index is 1020. The number of amides is 4. The van der Waals surface area contributed by atoms with Crippen molar-refractivity contribution in [2.24, 2.45) is 0 Å². The monoisotopic (exact) mass is 413 g/mol. The zero-order valence-corrected chi connectivity index (χ0v) is 16.9. The van der Waals surface area contributed by atoms with Crippen molar-refractivity contribution in [3.63, 3.8) is 0 Å². The van der Waals surface area contributed by atoms with E-state index in [4.69, 9.17) is 0 Å². The van der Waals surface area contributed by atoms with Gasteiger partial charge in [-0.2, -0.15) is 0 Å². The summed E-state index contributed by atoms with van der Waals surface area (Å²) in [5.74, 6) is -0.790. The van der Waals surface area contributed by atoms with Crippen LogP contribution in [0.3, 0.4) is 0 Å². The molecule has 0 unspecified atom stereocenters. The zero-order chi connectivity index (χ0) is 21.6. The molecule has 4 rings (SSSR count). The summed E-state index contributed by atoms with van der Waals surface area (Å²) in [5, 5.41) is 5.65. The third-order valence-electron chi connectivity index (χ3n) is 5.26. The summed E-state index contributed by atoms with van der Waals surface area (Å²) in [6.07, 6.45) is 0.389. The average Bonchev–Trinajstić information content (AvgIpc) is 3.06. The van der Waals surface area contributed by atoms with E-state index in [-0.39, 0.29) is 18.5 Å². The van der Waals surface area contributed by atoms with Gasteiger partial charge in [-0.25, -0.2) is 4.79 Å². The molecule has 0 aromatic heterocycles. The van der Waals surface area contributed by atoms with E-state index in [1.165, 1.54) is 0 Å². The first-order valence-corrected chi connectivity index (χ1v) is 10.2. The van der Waals surface area contributed by atoms with Crippen LogP contribution in [-0.2, 0) is 16.0 Å². The fraction of sp³-hybridized carbons (Fsp3) is 0.160. The predicted molar refractivity (Wildman–Crippen MR) is 117 cm³/mol. The Morgan fingerprint density at radius 3 is 1.90 bits per heavy atom. The van der Waals surface area contributed by atoms with Crippen molar-refractivity contribution in [1.82, 2.24) is 15.5 Å². The number of nitrogens with one attached hydrogen (secondary N) is 2. The van der Waals surface area contributed by atoms with Crippen LogP contribution in [0.1, 0.15) is 22.7 Å². The molecule has 3 aromatic carbocycles. The molecule has 0 saturated carbocycles. The first-order valence-electron chi connectivity index (χ1n) is 10.2. The Morgan fingerprint density at radius 2 is 1.35 bits per heavy atom. The van der Waals surface area contributed by atoms with Crippen LogP contribution in [0.15, 0.2) is 91.0 Å². The standard InChI is InChI=1S/C25H23N3O3/c29-22(27-23(19-12-6-2-7-13-19)20-14-8-3-9-15-20)17-28-24(30)21(26-25(28)31)16-18-10-4-1-5-11-18/h1-15,21,23H,16-17H2,(H,26,31)(H,27,29)/t21-/m0/s1. The summed E-state index contributed by atoms with van der Waals surface area (Å²) in [6, 6.07) is 27.0. The second-order valence-corrected chi connectivity index (χ2v) is 7.44. The molecule has 0 spiro atoms. The van der Waals surface area contributed by atoms with Crippen LogP contribution in [0.2, 0.25) is 0 Å². The fourth-order valence-electron chi connectivity index (χ4n) is 3.72. The highest BCUT2D eigenvalue weighted by molar-refractivity contribution is 6.06. The third-order valence-corrected chi connectivity index (χ3v) is 5.26. The summed E-state index contributed by atoms with van der Waals surface area (Å²) in [4.78, 5) is 38.9. The first kappa shape index (κ1) is 20.3. The van der Waals surface area contributed by atoms with E-state index in [1.807, 2.05) is 91.0 Å². The number of imide groups is 1. The molecule has 1 aliphatic heterocycles. The number of carbonyl (C=O) groups is 3. The van der Waals surface area contributed by atoms with Gasteiger partial charge >= 0.3 is 6.03 Å². The van der Waals surface area contributed by atoms with Crippen molar-refractivity contribution in [2.75, 3.05) is 6.54 Å². The molecule has 31 heavy (non-hydrogen) atoms. The molecule has 0 bridgehead atoms. The van der Waals surface area contributed by atoms with Crippen molar-refractivity contribution in [3.8, 4) is 0 Å². The molecule has 1 heterocycles. The maximum Gasteiger partial charge on any atom is 0.325 e. The van der Waals surface area contributed by atoms with Gasteiger partial charge in [0, 0.05) is 6.42 Å². The lowest BCUT2D eigenvalue weighted by Gasteiger charge is -2.21. The Labute approximate surface area is 180 Å². The molecule has 1 fully saturated rings. The molecule has 6 nitrogen and oxygen atoms in total. The van der Waals surface area contributed by atoms with E-state index in [0.717, 1.165) is 21.6 Å². The highest BCUT2D eigenvalue weighted by atomic mass is 16.2. The number of benzene rings is 3. The van der Waals surface area contributed by atoms with Gasteiger partial charge in [-0.15, -0.1) is 0 Å². The summed E-state index contributed by atoms with van der Waals surface area (Å²) in [5.41, 5.74) is 2.78. The molecular weight excluding hydrogens is 390 g/mol. The van der Waals surface area contributed by atoms with E-state index in [1.54, 1.807) is 0 Å². The normalized spacial score (nSPS) is 15.8. The van der Waals surface area contributed by atoms with Gasteiger partial charge in [0.25, 0.3) is 5.91 Å². The van der Waals surface area contributed by atoms with Gasteiger partial charge in [0.15, 0.2) is 0 Å². The van der Waals surface area contributed by atoms with E-state index in [0.29, 0.717) is 6.42 Å². The molecule has 0 aliphatic carbocycles. The van der Waals surface area contributed by atoms with E-state index >= 15 is 0 Å². The molecule has 1 atom stereocenters. The Kier molecular flexibility index (Phi) is 6.08. The van der Waals surface area contributed by atoms with Gasteiger partial charge in [0.1, 0.15) is 12.6 Å². The number of urea groups is 1. The number of nitrogens with zero attached hydrogens (tertiary/aromatic N) is 1. The maximum atomic E-state index is 12.8. The van der Waals surface area contributed by atoms with Gasteiger partial charge in [-0.3, -0.25) is 14.5 Å². The maximum absolute atomic E-state index is 12.8. The number of hydrogen-bond donors (Lipinski definition) is 2. The van der Waals surface area contributed by atoms with Crippen LogP contribution in [0.5, 0.6) is 0 Å². The van der Waals surface area contributed by atoms with Crippen LogP contribution in [-0.4, -0.2) is 35.3 Å². The minimum Gasteiger partial charge on any atom is -0.344 e. The Balaban J connectivity index is 1.45. The van der Waals surface area contributed by atoms with Crippen LogP contribution < -0.4 is 10.6 Å².